The lowest BCUT2D eigenvalue weighted by atomic mass is 10.1. The van der Waals surface area contributed by atoms with Crippen molar-refractivity contribution in [2.45, 2.75) is 60.4 Å². The molecule has 160 valence electrons. The first-order chi connectivity index (χ1) is 14.4. The van der Waals surface area contributed by atoms with Crippen molar-refractivity contribution in [3.05, 3.63) is 76.5 Å². The quantitative estimate of drug-likeness (QED) is 0.541. The molecule has 0 unspecified atom stereocenters. The molecule has 0 saturated carbocycles. The molecule has 0 aliphatic heterocycles. The van der Waals surface area contributed by atoms with Gasteiger partial charge in [-0.1, -0.05) is 38.1 Å². The predicted octanol–water partition coefficient (Wildman–Crippen LogP) is 4.32. The fourth-order valence-electron chi connectivity index (χ4n) is 3.43. The van der Waals surface area contributed by atoms with Crippen molar-refractivity contribution in [2.75, 3.05) is 0 Å². The average molecular weight is 410 g/mol. The Morgan fingerprint density at radius 3 is 2.70 bits per heavy atom. The molecule has 0 radical (unpaired) electrons. The van der Waals surface area contributed by atoms with Gasteiger partial charge in [0.1, 0.15) is 12.4 Å². The minimum absolute atomic E-state index is 0.00442. The van der Waals surface area contributed by atoms with Gasteiger partial charge in [-0.15, -0.1) is 0 Å². The number of benzene rings is 1. The van der Waals surface area contributed by atoms with Gasteiger partial charge in [-0.05, 0) is 43.0 Å². The number of rotatable bonds is 10. The van der Waals surface area contributed by atoms with Gasteiger partial charge in [0.2, 0.25) is 5.91 Å². The van der Waals surface area contributed by atoms with E-state index in [0.717, 1.165) is 40.4 Å². The number of carbonyl (C=O) groups excluding carboxylic acids is 1. The molecule has 6 heteroatoms. The zero-order valence-corrected chi connectivity index (χ0v) is 18.3. The molecule has 0 bridgehead atoms. The second kappa shape index (κ2) is 10.3. The van der Waals surface area contributed by atoms with Gasteiger partial charge >= 0.3 is 0 Å². The van der Waals surface area contributed by atoms with Crippen LogP contribution in [0.25, 0.3) is 0 Å². The zero-order chi connectivity index (χ0) is 21.5. The Morgan fingerprint density at radius 2 is 1.97 bits per heavy atom. The third-order valence-electron chi connectivity index (χ3n) is 4.98. The molecule has 0 fully saturated rings. The van der Waals surface area contributed by atoms with E-state index in [1.54, 1.807) is 6.26 Å². The van der Waals surface area contributed by atoms with Crippen LogP contribution in [0.3, 0.4) is 0 Å². The number of carbonyl (C=O) groups is 1. The molecule has 30 heavy (non-hydrogen) atoms. The summed E-state index contributed by atoms with van der Waals surface area (Å²) in [6, 6.07) is 11.8. The number of hydrogen-bond donors (Lipinski definition) is 1. The van der Waals surface area contributed by atoms with E-state index in [0.29, 0.717) is 32.1 Å². The Kier molecular flexibility index (Phi) is 7.46. The van der Waals surface area contributed by atoms with E-state index in [4.69, 9.17) is 9.15 Å². The summed E-state index contributed by atoms with van der Waals surface area (Å²) in [7, 11) is 0. The highest BCUT2D eigenvalue weighted by Gasteiger charge is 2.15. The summed E-state index contributed by atoms with van der Waals surface area (Å²) in [6.45, 7) is 10.6. The van der Waals surface area contributed by atoms with Gasteiger partial charge in [0.05, 0.1) is 25.0 Å². The molecule has 0 saturated heterocycles. The van der Waals surface area contributed by atoms with E-state index in [1.165, 1.54) is 0 Å². The highest BCUT2D eigenvalue weighted by molar-refractivity contribution is 5.79. The summed E-state index contributed by atoms with van der Waals surface area (Å²) in [5, 5.41) is 7.62. The van der Waals surface area contributed by atoms with Gasteiger partial charge in [-0.25, -0.2) is 0 Å². The van der Waals surface area contributed by atoms with Crippen molar-refractivity contribution in [3.8, 4) is 0 Å². The lowest BCUT2D eigenvalue weighted by molar-refractivity contribution is -0.120. The number of furan rings is 1. The largest absolute Gasteiger partial charge is 0.467 e. The van der Waals surface area contributed by atoms with E-state index in [9.17, 15) is 4.79 Å². The van der Waals surface area contributed by atoms with Crippen LogP contribution in [0.5, 0.6) is 0 Å². The SMILES string of the molecule is Cc1nn(CC(C)C)c(C)c1CC(=O)NCc1cccc(COCc2ccco2)c1. The summed E-state index contributed by atoms with van der Waals surface area (Å²) in [6.07, 6.45) is 1.99. The molecular weight excluding hydrogens is 378 g/mol. The minimum Gasteiger partial charge on any atom is -0.467 e. The summed E-state index contributed by atoms with van der Waals surface area (Å²) in [4.78, 5) is 12.5. The predicted molar refractivity (Wildman–Crippen MR) is 116 cm³/mol. The second-order valence-electron chi connectivity index (χ2n) is 8.07. The smallest absolute Gasteiger partial charge is 0.224 e. The van der Waals surface area contributed by atoms with Crippen LogP contribution in [0, 0.1) is 19.8 Å². The number of nitrogens with zero attached hydrogens (tertiary/aromatic N) is 2. The van der Waals surface area contributed by atoms with Crippen LogP contribution < -0.4 is 5.32 Å². The van der Waals surface area contributed by atoms with Crippen LogP contribution in [0.4, 0.5) is 0 Å². The van der Waals surface area contributed by atoms with Crippen LogP contribution in [-0.2, 0) is 42.3 Å². The van der Waals surface area contributed by atoms with E-state index < -0.39 is 0 Å². The normalized spacial score (nSPS) is 11.2. The van der Waals surface area contributed by atoms with Gasteiger partial charge in [0, 0.05) is 24.3 Å². The molecule has 0 atom stereocenters. The number of hydrogen-bond acceptors (Lipinski definition) is 4. The zero-order valence-electron chi connectivity index (χ0n) is 18.3. The molecule has 0 aliphatic rings. The summed E-state index contributed by atoms with van der Waals surface area (Å²) < 4.78 is 13.0. The molecule has 2 aromatic heterocycles. The topological polar surface area (TPSA) is 69.3 Å². The lowest BCUT2D eigenvalue weighted by Gasteiger charge is -2.09. The van der Waals surface area contributed by atoms with Crippen molar-refractivity contribution in [1.82, 2.24) is 15.1 Å². The Labute approximate surface area is 178 Å². The first kappa shape index (κ1) is 21.8. The standard InChI is InChI=1S/C24H31N3O3/c1-17(2)14-27-19(4)23(18(3)26-27)12-24(28)25-13-20-7-5-8-21(11-20)15-29-16-22-9-6-10-30-22/h5-11,17H,12-16H2,1-4H3,(H,25,28). The monoisotopic (exact) mass is 409 g/mol. The Hall–Kier alpha value is -2.86. The van der Waals surface area contributed by atoms with Crippen molar-refractivity contribution in [3.63, 3.8) is 0 Å². The Morgan fingerprint density at radius 1 is 1.17 bits per heavy atom. The van der Waals surface area contributed by atoms with Gasteiger partial charge in [-0.3, -0.25) is 9.48 Å². The van der Waals surface area contributed by atoms with Gasteiger partial charge < -0.3 is 14.5 Å². The molecule has 1 aromatic carbocycles. The van der Waals surface area contributed by atoms with Gasteiger partial charge in [0.25, 0.3) is 0 Å². The maximum absolute atomic E-state index is 12.5. The van der Waals surface area contributed by atoms with Crippen molar-refractivity contribution >= 4 is 5.91 Å². The number of nitrogens with one attached hydrogen (secondary N) is 1. The van der Waals surface area contributed by atoms with Crippen molar-refractivity contribution in [2.24, 2.45) is 5.92 Å². The molecule has 1 N–H and O–H groups in total. The molecular formula is C24H31N3O3. The fourth-order valence-corrected chi connectivity index (χ4v) is 3.43. The van der Waals surface area contributed by atoms with Crippen LogP contribution in [-0.4, -0.2) is 15.7 Å². The summed E-state index contributed by atoms with van der Waals surface area (Å²) in [5.74, 6) is 1.32. The Balaban J connectivity index is 1.50. The van der Waals surface area contributed by atoms with Crippen LogP contribution in [0.15, 0.2) is 47.1 Å². The highest BCUT2D eigenvalue weighted by atomic mass is 16.5. The Bertz CT molecular complexity index is 958. The van der Waals surface area contributed by atoms with Crippen LogP contribution >= 0.6 is 0 Å². The number of ether oxygens (including phenoxy) is 1. The molecule has 0 aliphatic carbocycles. The first-order valence-corrected chi connectivity index (χ1v) is 10.4. The van der Waals surface area contributed by atoms with Crippen molar-refractivity contribution in [1.29, 1.82) is 0 Å². The third-order valence-corrected chi connectivity index (χ3v) is 4.98. The molecule has 0 spiro atoms. The maximum atomic E-state index is 12.5. The molecule has 3 rings (SSSR count). The summed E-state index contributed by atoms with van der Waals surface area (Å²) >= 11 is 0. The van der Waals surface area contributed by atoms with Gasteiger partial charge in [0.15, 0.2) is 0 Å². The van der Waals surface area contributed by atoms with Gasteiger partial charge in [-0.2, -0.15) is 5.10 Å². The third kappa shape index (κ3) is 6.07. The van der Waals surface area contributed by atoms with Crippen molar-refractivity contribution < 1.29 is 13.9 Å². The van der Waals surface area contributed by atoms with Crippen LogP contribution in [0.1, 0.15) is 47.7 Å². The second-order valence-corrected chi connectivity index (χ2v) is 8.07. The van der Waals surface area contributed by atoms with E-state index >= 15 is 0 Å². The average Bonchev–Trinajstić information content (AvgIpc) is 3.31. The van der Waals surface area contributed by atoms with E-state index in [1.807, 2.05) is 48.9 Å². The minimum atomic E-state index is 0.00442. The van der Waals surface area contributed by atoms with Crippen LogP contribution in [0.2, 0.25) is 0 Å². The first-order valence-electron chi connectivity index (χ1n) is 10.4. The number of aryl methyl sites for hydroxylation is 1. The van der Waals surface area contributed by atoms with E-state index in [2.05, 4.69) is 30.3 Å². The molecule has 2 heterocycles. The number of aromatic nitrogens is 2. The molecule has 1 amide bonds. The van der Waals surface area contributed by atoms with E-state index in [-0.39, 0.29) is 5.91 Å². The molecule has 6 nitrogen and oxygen atoms in total. The number of amides is 1. The summed E-state index contributed by atoms with van der Waals surface area (Å²) in [5.41, 5.74) is 5.14. The molecule has 3 aromatic rings. The lowest BCUT2D eigenvalue weighted by Crippen LogP contribution is -2.25. The fraction of sp³-hybridized carbons (Fsp3) is 0.417. The highest BCUT2D eigenvalue weighted by Crippen LogP contribution is 2.16. The maximum Gasteiger partial charge on any atom is 0.224 e.